The first kappa shape index (κ1) is 22.6. The number of carbonyl (C=O) groups excluding carboxylic acids is 2. The van der Waals surface area contributed by atoms with Gasteiger partial charge < -0.3 is 56.2 Å². The molecule has 0 aliphatic carbocycles. The van der Waals surface area contributed by atoms with Crippen LogP contribution in [0.2, 0.25) is 0 Å². The smallest absolute Gasteiger partial charge is 0.268 e. The molecule has 0 aromatic heterocycles. The van der Waals surface area contributed by atoms with Gasteiger partial charge in [0.1, 0.15) is 0 Å². The molecule has 0 unspecified atom stereocenters. The van der Waals surface area contributed by atoms with Gasteiger partial charge in [0.25, 0.3) is 5.97 Å². The Balaban J connectivity index is 0.000000443. The van der Waals surface area contributed by atoms with E-state index in [-0.39, 0.29) is 29.0 Å². The van der Waals surface area contributed by atoms with Crippen molar-refractivity contribution in [1.29, 1.82) is 0 Å². The van der Waals surface area contributed by atoms with Crippen molar-refractivity contribution in [2.75, 3.05) is 13.2 Å². The van der Waals surface area contributed by atoms with Gasteiger partial charge in [-0.1, -0.05) is 5.56 Å². The van der Waals surface area contributed by atoms with E-state index in [1.165, 1.54) is 0 Å². The first-order valence-electron chi connectivity index (χ1n) is 7.67. The molecule has 140 valence electrons. The van der Waals surface area contributed by atoms with E-state index >= 15 is 0 Å². The molecule has 2 rings (SSSR count). The van der Waals surface area contributed by atoms with E-state index in [0.29, 0.717) is 24.4 Å². The second-order valence-electron chi connectivity index (χ2n) is 4.75. The summed E-state index contributed by atoms with van der Waals surface area (Å²) in [6.07, 6.45) is 0. The second kappa shape index (κ2) is 12.1. The van der Waals surface area contributed by atoms with E-state index in [1.54, 1.807) is 13.8 Å². The van der Waals surface area contributed by atoms with Crippen molar-refractivity contribution in [2.45, 2.75) is 13.8 Å². The quantitative estimate of drug-likeness (QED) is 0.329. The molecular formula is C20H22FeO4-6. The normalized spacial score (nSPS) is 9.04. The summed E-state index contributed by atoms with van der Waals surface area (Å²) in [5, 5.41) is 0. The monoisotopic (exact) mass is 382 g/mol. The predicted octanol–water partition coefficient (Wildman–Crippen LogP) is 3.96. The van der Waals surface area contributed by atoms with Crippen LogP contribution in [-0.4, -0.2) is 25.2 Å². The summed E-state index contributed by atoms with van der Waals surface area (Å²) in [6, 6.07) is 14.8. The van der Waals surface area contributed by atoms with Crippen molar-refractivity contribution in [3.05, 3.63) is 72.8 Å². The Morgan fingerprint density at radius 2 is 1.36 bits per heavy atom. The molecule has 0 aliphatic heterocycles. The third-order valence-corrected chi connectivity index (χ3v) is 3.07. The van der Waals surface area contributed by atoms with Gasteiger partial charge in [-0.25, -0.2) is 0 Å². The van der Waals surface area contributed by atoms with Crippen LogP contribution >= 0.6 is 0 Å². The molecule has 0 radical (unpaired) electrons. The number of hydrogen-bond donors (Lipinski definition) is 0. The molecular weight excluding hydrogens is 360 g/mol. The van der Waals surface area contributed by atoms with Gasteiger partial charge in [-0.05, 0) is 25.4 Å². The van der Waals surface area contributed by atoms with Crippen LogP contribution in [0, 0.1) is 0 Å². The first-order chi connectivity index (χ1) is 11.5. The molecule has 4 nitrogen and oxygen atoms in total. The van der Waals surface area contributed by atoms with Crippen molar-refractivity contribution in [3.63, 3.8) is 0 Å². The Labute approximate surface area is 159 Å². The molecule has 0 atom stereocenters. The standard InChI is InChI=1S/2C10H11O2.Fe/c2*1-3-12-10(11)8(2)9-6-4-5-7-9;/h2*4-7H,2-3H2,1H3;/q-5;-1;. The van der Waals surface area contributed by atoms with Crippen LogP contribution in [-0.2, 0) is 36.1 Å². The summed E-state index contributed by atoms with van der Waals surface area (Å²) >= 11 is 0. The number of hydrogen-bond acceptors (Lipinski definition) is 4. The van der Waals surface area contributed by atoms with E-state index < -0.39 is 0 Å². The Morgan fingerprint density at radius 1 is 0.920 bits per heavy atom. The van der Waals surface area contributed by atoms with E-state index in [4.69, 9.17) is 9.47 Å². The van der Waals surface area contributed by atoms with Gasteiger partial charge in [0.2, 0.25) is 0 Å². The first-order valence-corrected chi connectivity index (χ1v) is 7.67. The maximum atomic E-state index is 11.1. The average Bonchev–Trinajstić information content (AvgIpc) is 3.27. The molecule has 0 fully saturated rings. The fourth-order valence-electron chi connectivity index (χ4n) is 1.82. The van der Waals surface area contributed by atoms with Crippen molar-refractivity contribution >= 4 is 23.1 Å². The van der Waals surface area contributed by atoms with Crippen molar-refractivity contribution < 1.29 is 36.1 Å². The molecule has 0 amide bonds. The van der Waals surface area contributed by atoms with Gasteiger partial charge in [0, 0.05) is 17.1 Å². The molecule has 2 aromatic carbocycles. The fraction of sp³-hybridized carbons (Fsp3) is 0.200. The Hall–Kier alpha value is -2.36. The Morgan fingerprint density at radius 3 is 1.80 bits per heavy atom. The second-order valence-corrected chi connectivity index (χ2v) is 4.75. The van der Waals surface area contributed by atoms with Gasteiger partial charge in [-0.2, -0.15) is 12.1 Å². The van der Waals surface area contributed by atoms with Crippen molar-refractivity contribution in [3.8, 4) is 0 Å². The van der Waals surface area contributed by atoms with Crippen molar-refractivity contribution in [1.82, 2.24) is 0 Å². The van der Waals surface area contributed by atoms with Crippen LogP contribution in [0.1, 0.15) is 25.0 Å². The summed E-state index contributed by atoms with van der Waals surface area (Å²) in [4.78, 5) is 22.2. The van der Waals surface area contributed by atoms with Gasteiger partial charge in [0.15, 0.2) is 0 Å². The third kappa shape index (κ3) is 7.38. The largest absolute Gasteiger partial charge is 0.637 e. The van der Waals surface area contributed by atoms with Crippen LogP contribution in [0.15, 0.2) is 61.7 Å². The molecule has 0 spiro atoms. The molecule has 0 heterocycles. The summed E-state index contributed by atoms with van der Waals surface area (Å²) in [6.45, 7) is 11.6. The van der Waals surface area contributed by atoms with Crippen LogP contribution in [0.25, 0.3) is 11.1 Å². The van der Waals surface area contributed by atoms with Gasteiger partial charge in [-0.15, -0.1) is 18.7 Å². The molecule has 0 N–H and O–H groups in total. The van der Waals surface area contributed by atoms with E-state index in [1.807, 2.05) is 48.5 Å². The molecule has 0 bridgehead atoms. The molecule has 0 aliphatic rings. The zero-order valence-corrected chi connectivity index (χ0v) is 15.5. The molecule has 0 saturated carbocycles. The Bertz CT molecular complexity index is 606. The van der Waals surface area contributed by atoms with Gasteiger partial charge in [0.05, 0.1) is 13.2 Å². The SMILES string of the molecule is C=C(C(=O)OCC)[c-]1[cH-][cH-][cH-][cH-]1.C=C(C(=O)OCC)[c-]1cccc1.[Fe]. The average molecular weight is 382 g/mol. The fourth-order valence-corrected chi connectivity index (χ4v) is 1.82. The molecule has 2 aromatic rings. The predicted molar refractivity (Wildman–Crippen MR) is 95.4 cm³/mol. The summed E-state index contributed by atoms with van der Waals surface area (Å²) < 4.78 is 9.58. The Kier molecular flexibility index (Phi) is 10.9. The van der Waals surface area contributed by atoms with E-state index in [9.17, 15) is 9.59 Å². The van der Waals surface area contributed by atoms with Crippen LogP contribution in [0.3, 0.4) is 0 Å². The van der Waals surface area contributed by atoms with Gasteiger partial charge in [-0.3, -0.25) is 4.79 Å². The summed E-state index contributed by atoms with van der Waals surface area (Å²) in [5.74, 6) is -0.688. The number of esters is 2. The van der Waals surface area contributed by atoms with Crippen LogP contribution in [0.4, 0.5) is 0 Å². The van der Waals surface area contributed by atoms with Gasteiger partial charge >= 0.3 is 0 Å². The third-order valence-electron chi connectivity index (χ3n) is 3.07. The van der Waals surface area contributed by atoms with E-state index in [2.05, 4.69) is 13.2 Å². The molecule has 5 heteroatoms. The number of carbonyl (C=O) groups is 2. The molecule has 25 heavy (non-hydrogen) atoms. The minimum absolute atomic E-state index is 0. The zero-order chi connectivity index (χ0) is 17.9. The summed E-state index contributed by atoms with van der Waals surface area (Å²) in [7, 11) is 0. The number of rotatable bonds is 6. The topological polar surface area (TPSA) is 52.6 Å². The zero-order valence-electron chi connectivity index (χ0n) is 14.4. The number of ether oxygens (including phenoxy) is 2. The van der Waals surface area contributed by atoms with Crippen LogP contribution < -0.4 is 0 Å². The van der Waals surface area contributed by atoms with Crippen LogP contribution in [0.5, 0.6) is 0 Å². The maximum Gasteiger partial charge on any atom is 0.268 e. The maximum absolute atomic E-state index is 11.1. The summed E-state index contributed by atoms with van der Waals surface area (Å²) in [5.41, 5.74) is 2.49. The minimum Gasteiger partial charge on any atom is -0.637 e. The van der Waals surface area contributed by atoms with E-state index in [0.717, 1.165) is 11.1 Å². The van der Waals surface area contributed by atoms with Crippen molar-refractivity contribution in [2.24, 2.45) is 0 Å². The minimum atomic E-state index is -0.344. The molecule has 0 saturated heterocycles.